The Balaban J connectivity index is 1.58. The van der Waals surface area contributed by atoms with E-state index in [1.807, 2.05) is 24.3 Å². The van der Waals surface area contributed by atoms with Gasteiger partial charge in [0.1, 0.15) is 16.6 Å². The second-order valence-electron chi connectivity index (χ2n) is 5.98. The predicted molar refractivity (Wildman–Crippen MR) is 105 cm³/mol. The van der Waals surface area contributed by atoms with Gasteiger partial charge in [0, 0.05) is 13.2 Å². The minimum Gasteiger partial charge on any atom is -0.497 e. The Hall–Kier alpha value is -1.90. The maximum Gasteiger partial charge on any atom is 0.266 e. The summed E-state index contributed by atoms with van der Waals surface area (Å²) in [6.45, 7) is 1.14. The van der Waals surface area contributed by atoms with Gasteiger partial charge < -0.3 is 14.8 Å². The lowest BCUT2D eigenvalue weighted by atomic mass is 10.2. The van der Waals surface area contributed by atoms with E-state index in [1.165, 1.54) is 16.7 Å². The van der Waals surface area contributed by atoms with Crippen LogP contribution in [0.4, 0.5) is 0 Å². The molecule has 2 amide bonds. The zero-order chi connectivity index (χ0) is 18.5. The fourth-order valence-electron chi connectivity index (χ4n) is 2.72. The molecule has 2 heterocycles. The van der Waals surface area contributed by atoms with Crippen LogP contribution in [-0.4, -0.2) is 53.9 Å². The molecule has 1 aromatic carbocycles. The molecule has 2 aliphatic heterocycles. The van der Waals surface area contributed by atoms with Gasteiger partial charge in [0.05, 0.1) is 18.1 Å². The maximum absolute atomic E-state index is 12.6. The molecule has 1 aromatic rings. The summed E-state index contributed by atoms with van der Waals surface area (Å²) in [5.41, 5.74) is 0.870. The number of thioether (sulfide) groups is 1. The first kappa shape index (κ1) is 18.9. The lowest BCUT2D eigenvalue weighted by Crippen LogP contribution is -2.41. The van der Waals surface area contributed by atoms with Gasteiger partial charge in [-0.25, -0.2) is 0 Å². The Morgan fingerprint density at radius 3 is 2.88 bits per heavy atom. The average molecular weight is 393 g/mol. The van der Waals surface area contributed by atoms with Gasteiger partial charge in [-0.05, 0) is 36.6 Å². The van der Waals surface area contributed by atoms with Crippen LogP contribution in [-0.2, 0) is 14.3 Å². The Kier molecular flexibility index (Phi) is 6.29. The predicted octanol–water partition coefficient (Wildman–Crippen LogP) is 2.19. The van der Waals surface area contributed by atoms with Gasteiger partial charge in [-0.3, -0.25) is 14.5 Å². The zero-order valence-electron chi connectivity index (χ0n) is 14.4. The van der Waals surface area contributed by atoms with E-state index in [-0.39, 0.29) is 24.5 Å². The molecule has 8 heteroatoms. The van der Waals surface area contributed by atoms with Crippen molar-refractivity contribution in [1.82, 2.24) is 10.2 Å². The van der Waals surface area contributed by atoms with Crippen LogP contribution in [0.1, 0.15) is 18.4 Å². The van der Waals surface area contributed by atoms with Crippen LogP contribution in [0.15, 0.2) is 29.2 Å². The molecule has 6 nitrogen and oxygen atoms in total. The van der Waals surface area contributed by atoms with E-state index < -0.39 is 0 Å². The fourth-order valence-corrected chi connectivity index (χ4v) is 3.98. The number of amides is 2. The highest BCUT2D eigenvalue weighted by Gasteiger charge is 2.33. The lowest BCUT2D eigenvalue weighted by Gasteiger charge is -2.15. The molecule has 1 N–H and O–H groups in total. The number of nitrogens with zero attached hydrogens (tertiary/aromatic N) is 1. The molecular weight excluding hydrogens is 372 g/mol. The Morgan fingerprint density at radius 1 is 1.46 bits per heavy atom. The fraction of sp³-hybridized carbons (Fsp3) is 0.389. The largest absolute Gasteiger partial charge is 0.497 e. The Morgan fingerprint density at radius 2 is 2.23 bits per heavy atom. The summed E-state index contributed by atoms with van der Waals surface area (Å²) in [6, 6.07) is 7.37. The molecule has 2 fully saturated rings. The second kappa shape index (κ2) is 8.66. The number of hydrogen-bond donors (Lipinski definition) is 1. The van der Waals surface area contributed by atoms with Gasteiger partial charge in [-0.1, -0.05) is 36.1 Å². The Labute approximate surface area is 161 Å². The van der Waals surface area contributed by atoms with Gasteiger partial charge in [-0.2, -0.15) is 0 Å². The highest BCUT2D eigenvalue weighted by Crippen LogP contribution is 2.32. The van der Waals surface area contributed by atoms with Gasteiger partial charge in [0.25, 0.3) is 5.91 Å². The molecule has 3 rings (SSSR count). The number of hydrogen-bond acceptors (Lipinski definition) is 6. The summed E-state index contributed by atoms with van der Waals surface area (Å²) in [6.07, 6.45) is 3.81. The van der Waals surface area contributed by atoms with Crippen LogP contribution in [0, 0.1) is 0 Å². The second-order valence-corrected chi connectivity index (χ2v) is 7.66. The summed E-state index contributed by atoms with van der Waals surface area (Å²) in [5, 5.41) is 2.81. The molecule has 0 aromatic heterocycles. The topological polar surface area (TPSA) is 67.9 Å². The first-order valence-corrected chi connectivity index (χ1v) is 9.57. The SMILES string of the molecule is COc1ccc(/C=C2/SC(=S)N(CC(=O)NCC3CCCO3)C2=O)cc1. The van der Waals surface area contributed by atoms with Crippen LogP contribution in [0.3, 0.4) is 0 Å². The monoisotopic (exact) mass is 392 g/mol. The Bertz CT molecular complexity index is 727. The summed E-state index contributed by atoms with van der Waals surface area (Å²) in [5.74, 6) is 0.267. The number of ether oxygens (including phenoxy) is 2. The number of methoxy groups -OCH3 is 1. The van der Waals surface area contributed by atoms with Crippen molar-refractivity contribution in [3.63, 3.8) is 0 Å². The number of nitrogens with one attached hydrogen (secondary N) is 1. The van der Waals surface area contributed by atoms with E-state index in [1.54, 1.807) is 13.2 Å². The molecule has 0 aliphatic carbocycles. The highest BCUT2D eigenvalue weighted by atomic mass is 32.2. The van der Waals surface area contributed by atoms with E-state index in [0.717, 1.165) is 30.8 Å². The number of benzene rings is 1. The number of carbonyl (C=O) groups excluding carboxylic acids is 2. The van der Waals surface area contributed by atoms with Gasteiger partial charge in [0.15, 0.2) is 0 Å². The lowest BCUT2D eigenvalue weighted by molar-refractivity contribution is -0.129. The molecule has 2 aliphatic rings. The molecule has 2 saturated heterocycles. The van der Waals surface area contributed by atoms with Crippen LogP contribution in [0.25, 0.3) is 6.08 Å². The van der Waals surface area contributed by atoms with Crippen molar-refractivity contribution in [3.05, 3.63) is 34.7 Å². The van der Waals surface area contributed by atoms with Crippen molar-refractivity contribution < 1.29 is 19.1 Å². The molecule has 0 radical (unpaired) electrons. The third kappa shape index (κ3) is 4.63. The first-order valence-electron chi connectivity index (χ1n) is 8.34. The number of rotatable bonds is 6. The quantitative estimate of drug-likeness (QED) is 0.591. The first-order chi connectivity index (χ1) is 12.6. The smallest absolute Gasteiger partial charge is 0.266 e. The van der Waals surface area contributed by atoms with Gasteiger partial charge in [-0.15, -0.1) is 0 Å². The summed E-state index contributed by atoms with van der Waals surface area (Å²) in [4.78, 5) is 26.5. The summed E-state index contributed by atoms with van der Waals surface area (Å²) in [7, 11) is 1.60. The number of carbonyl (C=O) groups is 2. The standard InChI is InChI=1S/C18H20N2O4S2/c1-23-13-6-4-12(5-7-13)9-15-17(22)20(18(25)26-15)11-16(21)19-10-14-3-2-8-24-14/h4-7,9,14H,2-3,8,10-11H2,1H3,(H,19,21)/b15-9+. The van der Waals surface area contributed by atoms with E-state index in [0.29, 0.717) is 15.8 Å². The third-order valence-corrected chi connectivity index (χ3v) is 5.52. The third-order valence-electron chi connectivity index (χ3n) is 4.14. The van der Waals surface area contributed by atoms with Crippen LogP contribution < -0.4 is 10.1 Å². The minimum atomic E-state index is -0.247. The van der Waals surface area contributed by atoms with Gasteiger partial charge >= 0.3 is 0 Å². The molecule has 0 spiro atoms. The molecule has 1 atom stereocenters. The molecule has 1 unspecified atom stereocenters. The summed E-state index contributed by atoms with van der Waals surface area (Å²) >= 11 is 6.47. The number of thiocarbonyl (C=S) groups is 1. The molecule has 138 valence electrons. The van der Waals surface area contributed by atoms with E-state index in [9.17, 15) is 9.59 Å². The normalized spacial score (nSPS) is 21.5. The van der Waals surface area contributed by atoms with Crippen molar-refractivity contribution in [3.8, 4) is 5.75 Å². The van der Waals surface area contributed by atoms with Crippen molar-refractivity contribution in [2.45, 2.75) is 18.9 Å². The van der Waals surface area contributed by atoms with Crippen molar-refractivity contribution >= 4 is 46.2 Å². The minimum absolute atomic E-state index is 0.0695. The molecular formula is C18H20N2O4S2. The van der Waals surface area contributed by atoms with E-state index >= 15 is 0 Å². The van der Waals surface area contributed by atoms with Crippen molar-refractivity contribution in [2.24, 2.45) is 0 Å². The van der Waals surface area contributed by atoms with Crippen LogP contribution >= 0.6 is 24.0 Å². The zero-order valence-corrected chi connectivity index (χ0v) is 16.0. The average Bonchev–Trinajstić information content (AvgIpc) is 3.25. The summed E-state index contributed by atoms with van der Waals surface area (Å²) < 4.78 is 11.0. The van der Waals surface area contributed by atoms with E-state index in [4.69, 9.17) is 21.7 Å². The van der Waals surface area contributed by atoms with Gasteiger partial charge in [0.2, 0.25) is 5.91 Å². The van der Waals surface area contributed by atoms with Crippen molar-refractivity contribution in [2.75, 3.05) is 26.8 Å². The highest BCUT2D eigenvalue weighted by molar-refractivity contribution is 8.26. The molecule has 0 bridgehead atoms. The van der Waals surface area contributed by atoms with Crippen molar-refractivity contribution in [1.29, 1.82) is 0 Å². The van der Waals surface area contributed by atoms with Crippen LogP contribution in [0.5, 0.6) is 5.75 Å². The van der Waals surface area contributed by atoms with E-state index in [2.05, 4.69) is 5.32 Å². The molecule has 26 heavy (non-hydrogen) atoms. The maximum atomic E-state index is 12.6. The molecule has 0 saturated carbocycles. The van der Waals surface area contributed by atoms with Crippen LogP contribution in [0.2, 0.25) is 0 Å².